The van der Waals surface area contributed by atoms with Crippen LogP contribution in [0.2, 0.25) is 0 Å². The van der Waals surface area contributed by atoms with Crippen LogP contribution in [0.3, 0.4) is 0 Å². The molecule has 1 saturated heterocycles. The van der Waals surface area contributed by atoms with E-state index in [0.717, 1.165) is 0 Å². The lowest BCUT2D eigenvalue weighted by Gasteiger charge is -2.37. The lowest BCUT2D eigenvalue weighted by molar-refractivity contribution is -0.135. The first-order valence-corrected chi connectivity index (χ1v) is 11.0. The van der Waals surface area contributed by atoms with Crippen LogP contribution in [0.1, 0.15) is 24.4 Å². The van der Waals surface area contributed by atoms with Crippen molar-refractivity contribution in [2.45, 2.75) is 24.8 Å². The van der Waals surface area contributed by atoms with Gasteiger partial charge in [0.2, 0.25) is 15.9 Å². The molecule has 2 aromatic rings. The summed E-state index contributed by atoms with van der Waals surface area (Å²) < 4.78 is 33.0. The molecule has 1 aromatic heterocycles. The Morgan fingerprint density at radius 1 is 0.966 bits per heavy atom. The molecule has 1 aromatic carbocycles. The van der Waals surface area contributed by atoms with E-state index in [1.54, 1.807) is 54.0 Å². The second-order valence-electron chi connectivity index (χ2n) is 7.25. The highest BCUT2D eigenvalue weighted by Crippen LogP contribution is 2.15. The lowest BCUT2D eigenvalue weighted by Crippen LogP contribution is -2.57. The molecule has 156 valence electrons. The van der Waals surface area contributed by atoms with Crippen molar-refractivity contribution in [2.75, 3.05) is 26.2 Å². The topological polar surface area (TPSA) is 99.9 Å². The number of carbonyl (C=O) groups excluding carboxylic acids is 2. The first-order chi connectivity index (χ1) is 13.8. The smallest absolute Gasteiger partial charge is 0.289 e. The number of furan rings is 1. The summed E-state index contributed by atoms with van der Waals surface area (Å²) in [5.41, 5.74) is 0. The summed E-state index contributed by atoms with van der Waals surface area (Å²) in [7, 11) is -3.82. The SMILES string of the molecule is CC(C)[C@@H](NS(=O)(=O)c1ccccc1)C(=O)N1CCN(C(=O)c2ccco2)CC1. The van der Waals surface area contributed by atoms with Crippen LogP contribution in [0.4, 0.5) is 0 Å². The summed E-state index contributed by atoms with van der Waals surface area (Å²) in [6, 6.07) is 10.4. The lowest BCUT2D eigenvalue weighted by atomic mass is 10.0. The predicted octanol–water partition coefficient (Wildman–Crippen LogP) is 1.57. The summed E-state index contributed by atoms with van der Waals surface area (Å²) in [4.78, 5) is 28.7. The van der Waals surface area contributed by atoms with Crippen LogP contribution in [-0.4, -0.2) is 62.3 Å². The van der Waals surface area contributed by atoms with Crippen LogP contribution in [0.15, 0.2) is 58.0 Å². The Kier molecular flexibility index (Phi) is 6.39. The molecule has 0 bridgehead atoms. The minimum absolute atomic E-state index is 0.118. The molecule has 1 N–H and O–H groups in total. The molecule has 0 aliphatic carbocycles. The van der Waals surface area contributed by atoms with Gasteiger partial charge in [-0.3, -0.25) is 9.59 Å². The van der Waals surface area contributed by atoms with Crippen LogP contribution in [0, 0.1) is 5.92 Å². The molecule has 0 saturated carbocycles. The van der Waals surface area contributed by atoms with Crippen molar-refractivity contribution in [3.05, 3.63) is 54.5 Å². The van der Waals surface area contributed by atoms with Crippen LogP contribution >= 0.6 is 0 Å². The van der Waals surface area contributed by atoms with Gasteiger partial charge in [-0.25, -0.2) is 8.42 Å². The zero-order chi connectivity index (χ0) is 21.0. The van der Waals surface area contributed by atoms with Gasteiger partial charge in [-0.1, -0.05) is 32.0 Å². The molecule has 1 fully saturated rings. The highest BCUT2D eigenvalue weighted by molar-refractivity contribution is 7.89. The first kappa shape index (κ1) is 21.1. The summed E-state index contributed by atoms with van der Waals surface area (Å²) in [6.45, 7) is 4.99. The molecule has 1 atom stereocenters. The van der Waals surface area contributed by atoms with E-state index in [0.29, 0.717) is 26.2 Å². The number of hydrogen-bond donors (Lipinski definition) is 1. The van der Waals surface area contributed by atoms with Crippen molar-refractivity contribution in [3.63, 3.8) is 0 Å². The van der Waals surface area contributed by atoms with Gasteiger partial charge in [0, 0.05) is 26.2 Å². The number of hydrogen-bond acceptors (Lipinski definition) is 5. The van der Waals surface area contributed by atoms with Crippen molar-refractivity contribution in [1.82, 2.24) is 14.5 Å². The van der Waals surface area contributed by atoms with E-state index in [1.807, 2.05) is 0 Å². The highest BCUT2D eigenvalue weighted by atomic mass is 32.2. The Hall–Kier alpha value is -2.65. The molecule has 1 aliphatic rings. The monoisotopic (exact) mass is 419 g/mol. The maximum Gasteiger partial charge on any atom is 0.289 e. The van der Waals surface area contributed by atoms with E-state index in [4.69, 9.17) is 4.42 Å². The second kappa shape index (κ2) is 8.79. The molecule has 0 radical (unpaired) electrons. The minimum atomic E-state index is -3.82. The van der Waals surface area contributed by atoms with E-state index in [9.17, 15) is 18.0 Å². The van der Waals surface area contributed by atoms with E-state index < -0.39 is 16.1 Å². The van der Waals surface area contributed by atoms with E-state index in [2.05, 4.69) is 4.72 Å². The van der Waals surface area contributed by atoms with Crippen LogP contribution in [-0.2, 0) is 14.8 Å². The Labute approximate surface area is 170 Å². The van der Waals surface area contributed by atoms with Gasteiger partial charge in [0.15, 0.2) is 5.76 Å². The van der Waals surface area contributed by atoms with E-state index in [1.165, 1.54) is 18.4 Å². The Balaban J connectivity index is 1.65. The number of sulfonamides is 1. The molecule has 1 aliphatic heterocycles. The average molecular weight is 420 g/mol. The average Bonchev–Trinajstić information content (AvgIpc) is 3.26. The molecule has 9 heteroatoms. The van der Waals surface area contributed by atoms with Gasteiger partial charge in [0.05, 0.1) is 11.2 Å². The van der Waals surface area contributed by atoms with Gasteiger partial charge >= 0.3 is 0 Å². The van der Waals surface area contributed by atoms with Gasteiger partial charge in [-0.2, -0.15) is 4.72 Å². The Morgan fingerprint density at radius 3 is 2.14 bits per heavy atom. The van der Waals surface area contributed by atoms with Crippen LogP contribution in [0.25, 0.3) is 0 Å². The maximum absolute atomic E-state index is 13.0. The van der Waals surface area contributed by atoms with E-state index in [-0.39, 0.29) is 28.4 Å². The number of nitrogens with one attached hydrogen (secondary N) is 1. The van der Waals surface area contributed by atoms with Crippen molar-refractivity contribution >= 4 is 21.8 Å². The van der Waals surface area contributed by atoms with Gasteiger partial charge in [-0.05, 0) is 30.2 Å². The molecular weight excluding hydrogens is 394 g/mol. The quantitative estimate of drug-likeness (QED) is 0.766. The fourth-order valence-corrected chi connectivity index (χ4v) is 4.55. The standard InChI is InChI=1S/C20H25N3O5S/c1-15(2)18(21-29(26,27)16-7-4-3-5-8-16)20(25)23-12-10-22(11-13-23)19(24)17-9-6-14-28-17/h3-9,14-15,18,21H,10-13H2,1-2H3/t18-/m1/s1. The van der Waals surface area contributed by atoms with Crippen molar-refractivity contribution in [2.24, 2.45) is 5.92 Å². The molecule has 2 heterocycles. The molecular formula is C20H25N3O5S. The number of rotatable bonds is 6. The normalized spacial score (nSPS) is 16.1. The Morgan fingerprint density at radius 2 is 1.59 bits per heavy atom. The van der Waals surface area contributed by atoms with Gasteiger partial charge in [0.1, 0.15) is 6.04 Å². The number of benzene rings is 1. The van der Waals surface area contributed by atoms with Crippen molar-refractivity contribution in [1.29, 1.82) is 0 Å². The fraction of sp³-hybridized carbons (Fsp3) is 0.400. The number of amides is 2. The third kappa shape index (κ3) is 4.86. The molecule has 3 rings (SSSR count). The predicted molar refractivity (Wildman–Crippen MR) is 107 cm³/mol. The Bertz CT molecular complexity index is 934. The maximum atomic E-state index is 13.0. The minimum Gasteiger partial charge on any atom is -0.459 e. The number of piperazine rings is 1. The molecule has 2 amide bonds. The second-order valence-corrected chi connectivity index (χ2v) is 8.96. The molecule has 0 unspecified atom stereocenters. The third-order valence-corrected chi connectivity index (χ3v) is 6.34. The van der Waals surface area contributed by atoms with Gasteiger partial charge in [0.25, 0.3) is 5.91 Å². The molecule has 8 nitrogen and oxygen atoms in total. The van der Waals surface area contributed by atoms with Gasteiger partial charge in [-0.15, -0.1) is 0 Å². The van der Waals surface area contributed by atoms with Crippen molar-refractivity contribution < 1.29 is 22.4 Å². The van der Waals surface area contributed by atoms with Crippen LogP contribution in [0.5, 0.6) is 0 Å². The fourth-order valence-electron chi connectivity index (χ4n) is 3.19. The summed E-state index contributed by atoms with van der Waals surface area (Å²) >= 11 is 0. The highest BCUT2D eigenvalue weighted by Gasteiger charge is 2.34. The zero-order valence-electron chi connectivity index (χ0n) is 16.4. The number of carbonyl (C=O) groups is 2. The summed E-state index contributed by atoms with van der Waals surface area (Å²) in [5.74, 6) is -0.471. The van der Waals surface area contributed by atoms with Crippen LogP contribution < -0.4 is 4.72 Å². The van der Waals surface area contributed by atoms with Gasteiger partial charge < -0.3 is 14.2 Å². The third-order valence-electron chi connectivity index (χ3n) is 4.88. The molecule has 0 spiro atoms. The van der Waals surface area contributed by atoms with Crippen molar-refractivity contribution in [3.8, 4) is 0 Å². The zero-order valence-corrected chi connectivity index (χ0v) is 17.3. The van der Waals surface area contributed by atoms with E-state index >= 15 is 0 Å². The number of nitrogens with zero attached hydrogens (tertiary/aromatic N) is 2. The largest absolute Gasteiger partial charge is 0.459 e. The summed E-state index contributed by atoms with van der Waals surface area (Å²) in [6.07, 6.45) is 1.44. The first-order valence-electron chi connectivity index (χ1n) is 9.48. The summed E-state index contributed by atoms with van der Waals surface area (Å²) in [5, 5.41) is 0. The molecule has 29 heavy (non-hydrogen) atoms.